The third-order valence-corrected chi connectivity index (χ3v) is 4.62. The number of aromatic nitrogens is 2. The van der Waals surface area contributed by atoms with Gasteiger partial charge in [-0.15, -0.1) is 0 Å². The largest absolute Gasteiger partial charge is 0.491 e. The van der Waals surface area contributed by atoms with Gasteiger partial charge in [0.1, 0.15) is 0 Å². The van der Waals surface area contributed by atoms with Crippen LogP contribution in [0.4, 0.5) is 5.95 Å². The van der Waals surface area contributed by atoms with Crippen molar-refractivity contribution in [3.63, 3.8) is 0 Å². The quantitative estimate of drug-likeness (QED) is 0.788. The molecule has 120 valence electrons. The summed E-state index contributed by atoms with van der Waals surface area (Å²) in [6.07, 6.45) is 12.2. The lowest BCUT2D eigenvalue weighted by Gasteiger charge is -2.34. The Hall–Kier alpha value is -1.18. The predicted octanol–water partition coefficient (Wildman–Crippen LogP) is 0.474. The Morgan fingerprint density at radius 2 is 1.55 bits per heavy atom. The fourth-order valence-electron chi connectivity index (χ4n) is 3.29. The molecular formula is C15H24BN3O3. The van der Waals surface area contributed by atoms with Crippen LogP contribution in [-0.2, 0) is 4.74 Å². The molecule has 0 bridgehead atoms. The van der Waals surface area contributed by atoms with E-state index in [1.54, 1.807) is 0 Å². The first kappa shape index (κ1) is 15.7. The first-order chi connectivity index (χ1) is 10.7. The summed E-state index contributed by atoms with van der Waals surface area (Å²) in [5.41, 5.74) is 0.319. The van der Waals surface area contributed by atoms with Gasteiger partial charge in [-0.3, -0.25) is 0 Å². The second-order valence-corrected chi connectivity index (χ2v) is 6.27. The highest BCUT2D eigenvalue weighted by Gasteiger charge is 2.25. The van der Waals surface area contributed by atoms with Crippen molar-refractivity contribution >= 4 is 18.5 Å². The summed E-state index contributed by atoms with van der Waals surface area (Å²) in [4.78, 5) is 10.6. The minimum Gasteiger partial charge on any atom is -0.423 e. The van der Waals surface area contributed by atoms with Gasteiger partial charge < -0.3 is 19.7 Å². The molecule has 0 atom stereocenters. The van der Waals surface area contributed by atoms with E-state index < -0.39 is 7.12 Å². The Labute approximate surface area is 131 Å². The molecule has 1 aromatic rings. The van der Waals surface area contributed by atoms with Gasteiger partial charge in [-0.2, -0.15) is 0 Å². The van der Waals surface area contributed by atoms with Crippen LogP contribution in [0.25, 0.3) is 0 Å². The average molecular weight is 305 g/mol. The van der Waals surface area contributed by atoms with Crippen LogP contribution >= 0.6 is 0 Å². The van der Waals surface area contributed by atoms with E-state index in [4.69, 9.17) is 14.8 Å². The maximum Gasteiger partial charge on any atom is 0.491 e. The lowest BCUT2D eigenvalue weighted by molar-refractivity contribution is -0.0396. The van der Waals surface area contributed by atoms with Crippen LogP contribution in [0.15, 0.2) is 12.4 Å². The maximum atomic E-state index is 9.06. The number of ether oxygens (including phenoxy) is 1. The van der Waals surface area contributed by atoms with Crippen molar-refractivity contribution in [1.82, 2.24) is 9.97 Å². The van der Waals surface area contributed by atoms with Gasteiger partial charge in [0.25, 0.3) is 0 Å². The normalized spacial score (nSPS) is 21.1. The molecular weight excluding hydrogens is 281 g/mol. The van der Waals surface area contributed by atoms with Crippen molar-refractivity contribution in [2.24, 2.45) is 0 Å². The third kappa shape index (κ3) is 3.97. The summed E-state index contributed by atoms with van der Waals surface area (Å²) in [6, 6.07) is 0. The molecule has 2 aliphatic rings. The molecule has 2 heterocycles. The molecule has 0 radical (unpaired) electrons. The molecule has 1 saturated heterocycles. The number of hydrogen-bond acceptors (Lipinski definition) is 6. The Balaban J connectivity index is 1.48. The van der Waals surface area contributed by atoms with Crippen molar-refractivity contribution in [3.05, 3.63) is 12.4 Å². The molecule has 22 heavy (non-hydrogen) atoms. The minimum absolute atomic E-state index is 0.319. The van der Waals surface area contributed by atoms with Crippen molar-refractivity contribution in [1.29, 1.82) is 0 Å². The fraction of sp³-hybridized carbons (Fsp3) is 0.733. The molecule has 7 heteroatoms. The summed E-state index contributed by atoms with van der Waals surface area (Å²) in [7, 11) is -1.51. The van der Waals surface area contributed by atoms with Crippen LogP contribution in [0.1, 0.15) is 44.9 Å². The zero-order valence-corrected chi connectivity index (χ0v) is 12.9. The standard InChI is InChI=1S/C15H24BN3O3/c20-16(21)12-10-17-15(18-11-12)19-8-6-14(7-9-19)22-13-4-2-1-3-5-13/h10-11,13-14,20-21H,1-9H2. The van der Waals surface area contributed by atoms with Crippen molar-refractivity contribution in [2.45, 2.75) is 57.2 Å². The van der Waals surface area contributed by atoms with E-state index in [1.807, 2.05) is 0 Å². The summed E-state index contributed by atoms with van der Waals surface area (Å²) < 4.78 is 6.23. The molecule has 0 aromatic carbocycles. The zero-order valence-electron chi connectivity index (χ0n) is 12.9. The van der Waals surface area contributed by atoms with Crippen LogP contribution in [0, 0.1) is 0 Å². The number of rotatable bonds is 4. The summed E-state index contributed by atoms with van der Waals surface area (Å²) in [5, 5.41) is 18.1. The molecule has 0 spiro atoms. The predicted molar refractivity (Wildman–Crippen MR) is 85.1 cm³/mol. The molecule has 1 aliphatic carbocycles. The van der Waals surface area contributed by atoms with E-state index in [0.29, 0.717) is 23.6 Å². The Bertz CT molecular complexity index is 458. The first-order valence-corrected chi connectivity index (χ1v) is 8.31. The van der Waals surface area contributed by atoms with Gasteiger partial charge in [0.15, 0.2) is 0 Å². The molecule has 6 nitrogen and oxygen atoms in total. The molecule has 1 aromatic heterocycles. The highest BCUT2D eigenvalue weighted by atomic mass is 16.5. The summed E-state index contributed by atoms with van der Waals surface area (Å²) in [5.74, 6) is 0.653. The molecule has 1 saturated carbocycles. The maximum absolute atomic E-state index is 9.06. The fourth-order valence-corrected chi connectivity index (χ4v) is 3.29. The van der Waals surface area contributed by atoms with Crippen LogP contribution in [-0.4, -0.2) is 52.4 Å². The van der Waals surface area contributed by atoms with Gasteiger partial charge in [-0.25, -0.2) is 9.97 Å². The third-order valence-electron chi connectivity index (χ3n) is 4.62. The number of hydrogen-bond donors (Lipinski definition) is 2. The Morgan fingerprint density at radius 3 is 2.14 bits per heavy atom. The highest BCUT2D eigenvalue weighted by molar-refractivity contribution is 6.58. The van der Waals surface area contributed by atoms with Gasteiger partial charge in [-0.05, 0) is 25.7 Å². The van der Waals surface area contributed by atoms with Gasteiger partial charge in [0.05, 0.1) is 12.2 Å². The molecule has 1 aliphatic heterocycles. The second kappa shape index (κ2) is 7.39. The van der Waals surface area contributed by atoms with Gasteiger partial charge >= 0.3 is 7.12 Å². The van der Waals surface area contributed by atoms with Crippen molar-refractivity contribution < 1.29 is 14.8 Å². The van der Waals surface area contributed by atoms with E-state index >= 15 is 0 Å². The van der Waals surface area contributed by atoms with Crippen LogP contribution in [0.2, 0.25) is 0 Å². The Morgan fingerprint density at radius 1 is 0.955 bits per heavy atom. The molecule has 2 N–H and O–H groups in total. The molecule has 3 rings (SSSR count). The lowest BCUT2D eigenvalue weighted by Crippen LogP contribution is -2.40. The smallest absolute Gasteiger partial charge is 0.423 e. The highest BCUT2D eigenvalue weighted by Crippen LogP contribution is 2.25. The second-order valence-electron chi connectivity index (χ2n) is 6.27. The zero-order chi connectivity index (χ0) is 15.4. The average Bonchev–Trinajstić information content (AvgIpc) is 2.57. The van der Waals surface area contributed by atoms with E-state index in [2.05, 4.69) is 14.9 Å². The van der Waals surface area contributed by atoms with Crippen LogP contribution in [0.3, 0.4) is 0 Å². The molecule has 0 unspecified atom stereocenters. The van der Waals surface area contributed by atoms with Gasteiger partial charge in [-0.1, -0.05) is 19.3 Å². The Kier molecular flexibility index (Phi) is 5.28. The van der Waals surface area contributed by atoms with E-state index in [0.717, 1.165) is 25.9 Å². The van der Waals surface area contributed by atoms with E-state index in [9.17, 15) is 0 Å². The molecule has 0 amide bonds. The lowest BCUT2D eigenvalue weighted by atomic mass is 9.83. The summed E-state index contributed by atoms with van der Waals surface area (Å²) >= 11 is 0. The van der Waals surface area contributed by atoms with Crippen molar-refractivity contribution in [3.8, 4) is 0 Å². The monoisotopic (exact) mass is 305 g/mol. The minimum atomic E-state index is -1.51. The SMILES string of the molecule is OB(O)c1cnc(N2CCC(OC3CCCCC3)CC2)nc1. The number of piperidine rings is 1. The topological polar surface area (TPSA) is 78.7 Å². The number of anilines is 1. The summed E-state index contributed by atoms with van der Waals surface area (Å²) in [6.45, 7) is 1.77. The first-order valence-electron chi connectivity index (χ1n) is 8.31. The van der Waals surface area contributed by atoms with Gasteiger partial charge in [0.2, 0.25) is 5.95 Å². The van der Waals surface area contributed by atoms with Crippen LogP contribution < -0.4 is 10.4 Å². The van der Waals surface area contributed by atoms with E-state index in [-0.39, 0.29) is 0 Å². The number of nitrogens with zero attached hydrogens (tertiary/aromatic N) is 3. The van der Waals surface area contributed by atoms with Crippen LogP contribution in [0.5, 0.6) is 0 Å². The van der Waals surface area contributed by atoms with Crippen molar-refractivity contribution in [2.75, 3.05) is 18.0 Å². The van der Waals surface area contributed by atoms with E-state index in [1.165, 1.54) is 44.5 Å². The van der Waals surface area contributed by atoms with Gasteiger partial charge in [0, 0.05) is 30.9 Å². The molecule has 2 fully saturated rings.